The number of nitrogens with one attached hydrogen (secondary N) is 2. The summed E-state index contributed by atoms with van der Waals surface area (Å²) in [7, 11) is 0. The largest absolute Gasteiger partial charge is 0.491 e. The monoisotopic (exact) mass is 340 g/mol. The summed E-state index contributed by atoms with van der Waals surface area (Å²) in [5, 5.41) is 5.78. The van der Waals surface area contributed by atoms with Crippen molar-refractivity contribution in [1.29, 1.82) is 0 Å². The third-order valence-electron chi connectivity index (χ3n) is 4.20. The van der Waals surface area contributed by atoms with Crippen LogP contribution in [0.3, 0.4) is 0 Å². The zero-order valence-corrected chi connectivity index (χ0v) is 14.4. The molecule has 1 heterocycles. The number of amides is 2. The molecule has 2 N–H and O–H groups in total. The Morgan fingerprint density at radius 1 is 1.24 bits per heavy atom. The number of urea groups is 1. The molecule has 1 saturated heterocycles. The van der Waals surface area contributed by atoms with Crippen LogP contribution < -0.4 is 15.4 Å². The molecule has 132 valence electrons. The lowest BCUT2D eigenvalue weighted by Crippen LogP contribution is -2.31. The third-order valence-corrected chi connectivity index (χ3v) is 4.20. The van der Waals surface area contributed by atoms with Gasteiger partial charge in [0, 0.05) is 18.4 Å². The minimum Gasteiger partial charge on any atom is -0.491 e. The maximum absolute atomic E-state index is 12.2. The lowest BCUT2D eigenvalue weighted by molar-refractivity contribution is 0.0680. The first-order chi connectivity index (χ1) is 12.2. The molecule has 2 amide bonds. The maximum atomic E-state index is 12.2. The van der Waals surface area contributed by atoms with Crippen LogP contribution in [0.25, 0.3) is 0 Å². The number of hydrogen-bond donors (Lipinski definition) is 2. The number of anilines is 1. The van der Waals surface area contributed by atoms with Gasteiger partial charge in [0.2, 0.25) is 0 Å². The van der Waals surface area contributed by atoms with Gasteiger partial charge >= 0.3 is 6.03 Å². The summed E-state index contributed by atoms with van der Waals surface area (Å²) in [4.78, 5) is 12.2. The zero-order valence-electron chi connectivity index (χ0n) is 14.4. The van der Waals surface area contributed by atoms with Gasteiger partial charge in [-0.3, -0.25) is 0 Å². The molecule has 1 aliphatic heterocycles. The molecular weight excluding hydrogens is 316 g/mol. The zero-order chi connectivity index (χ0) is 17.5. The molecular formula is C20H24N2O3. The topological polar surface area (TPSA) is 59.6 Å². The first-order valence-electron chi connectivity index (χ1n) is 8.67. The van der Waals surface area contributed by atoms with Gasteiger partial charge in [0.1, 0.15) is 12.4 Å². The van der Waals surface area contributed by atoms with E-state index in [2.05, 4.69) is 10.6 Å². The Labute approximate surface area is 148 Å². The molecule has 3 rings (SSSR count). The second kappa shape index (κ2) is 8.53. The molecule has 0 bridgehead atoms. The Morgan fingerprint density at radius 2 is 2.08 bits per heavy atom. The fraction of sp³-hybridized carbons (Fsp3) is 0.350. The van der Waals surface area contributed by atoms with Crippen LogP contribution in [0.15, 0.2) is 54.6 Å². The molecule has 0 aliphatic carbocycles. The van der Waals surface area contributed by atoms with Gasteiger partial charge in [-0.25, -0.2) is 4.79 Å². The minimum absolute atomic E-state index is 0.0693. The molecule has 2 atom stereocenters. The summed E-state index contributed by atoms with van der Waals surface area (Å²) in [5.41, 5.74) is 1.76. The Hall–Kier alpha value is -2.53. The molecule has 5 nitrogen and oxygen atoms in total. The quantitative estimate of drug-likeness (QED) is 0.831. The van der Waals surface area contributed by atoms with Gasteiger partial charge in [0.05, 0.1) is 12.1 Å². The summed E-state index contributed by atoms with van der Waals surface area (Å²) in [5.74, 6) is 0.726. The fourth-order valence-corrected chi connectivity index (χ4v) is 2.82. The molecule has 2 aromatic rings. The van der Waals surface area contributed by atoms with Crippen molar-refractivity contribution in [2.75, 3.05) is 18.5 Å². The molecule has 0 radical (unpaired) electrons. The highest BCUT2D eigenvalue weighted by molar-refractivity contribution is 5.89. The van der Waals surface area contributed by atoms with Crippen LogP contribution in [0.2, 0.25) is 0 Å². The maximum Gasteiger partial charge on any atom is 0.319 e. The van der Waals surface area contributed by atoms with Crippen molar-refractivity contribution in [3.8, 4) is 5.75 Å². The lowest BCUT2D eigenvalue weighted by atomic mass is 10.1. The van der Waals surface area contributed by atoms with Gasteiger partial charge in [-0.15, -0.1) is 0 Å². The van der Waals surface area contributed by atoms with Gasteiger partial charge in [-0.05, 0) is 37.5 Å². The van der Waals surface area contributed by atoms with E-state index in [1.165, 1.54) is 0 Å². The molecule has 25 heavy (non-hydrogen) atoms. The van der Waals surface area contributed by atoms with E-state index in [4.69, 9.17) is 9.47 Å². The smallest absolute Gasteiger partial charge is 0.319 e. The second-order valence-corrected chi connectivity index (χ2v) is 6.20. The fourth-order valence-electron chi connectivity index (χ4n) is 2.82. The third kappa shape index (κ3) is 5.22. The lowest BCUT2D eigenvalue weighted by Gasteiger charge is -2.16. The van der Waals surface area contributed by atoms with Gasteiger partial charge in [-0.1, -0.05) is 36.4 Å². The Morgan fingerprint density at radius 3 is 2.84 bits per heavy atom. The van der Waals surface area contributed by atoms with E-state index in [1.807, 2.05) is 61.5 Å². The van der Waals surface area contributed by atoms with E-state index in [9.17, 15) is 4.79 Å². The van der Waals surface area contributed by atoms with Crippen LogP contribution in [0.4, 0.5) is 10.5 Å². The molecule has 1 fully saturated rings. The average molecular weight is 340 g/mol. The first-order valence-corrected chi connectivity index (χ1v) is 8.67. The van der Waals surface area contributed by atoms with Crippen molar-refractivity contribution in [2.24, 2.45) is 0 Å². The van der Waals surface area contributed by atoms with Crippen LogP contribution in [0, 0.1) is 0 Å². The van der Waals surface area contributed by atoms with Crippen LogP contribution in [0.5, 0.6) is 5.75 Å². The van der Waals surface area contributed by atoms with Crippen molar-refractivity contribution in [3.63, 3.8) is 0 Å². The molecule has 2 aromatic carbocycles. The van der Waals surface area contributed by atoms with Gasteiger partial charge in [0.15, 0.2) is 0 Å². The van der Waals surface area contributed by atoms with Gasteiger partial charge in [-0.2, -0.15) is 0 Å². The SMILES string of the molecule is CC(NC(=O)Nc1cccc(OCC2CCCO2)c1)c1ccccc1. The Kier molecular flexibility index (Phi) is 5.90. The van der Waals surface area contributed by atoms with Crippen LogP contribution >= 0.6 is 0 Å². The van der Waals surface area contributed by atoms with E-state index in [-0.39, 0.29) is 18.2 Å². The highest BCUT2D eigenvalue weighted by Gasteiger charge is 2.16. The van der Waals surface area contributed by atoms with E-state index in [0.29, 0.717) is 12.3 Å². The molecule has 1 aliphatic rings. The van der Waals surface area contributed by atoms with Crippen molar-refractivity contribution < 1.29 is 14.3 Å². The Bertz CT molecular complexity index is 684. The van der Waals surface area contributed by atoms with E-state index in [0.717, 1.165) is 30.8 Å². The summed E-state index contributed by atoms with van der Waals surface area (Å²) in [6.07, 6.45) is 2.30. The molecule has 2 unspecified atom stereocenters. The second-order valence-electron chi connectivity index (χ2n) is 6.20. The van der Waals surface area contributed by atoms with Crippen LogP contribution in [-0.2, 0) is 4.74 Å². The Balaban J connectivity index is 1.51. The average Bonchev–Trinajstić information content (AvgIpc) is 3.14. The number of benzene rings is 2. The summed E-state index contributed by atoms with van der Waals surface area (Å²) in [6.45, 7) is 3.31. The van der Waals surface area contributed by atoms with Crippen LogP contribution in [-0.4, -0.2) is 25.3 Å². The van der Waals surface area contributed by atoms with E-state index < -0.39 is 0 Å². The summed E-state index contributed by atoms with van der Waals surface area (Å²) < 4.78 is 11.3. The minimum atomic E-state index is -0.243. The molecule has 0 spiro atoms. The number of rotatable bonds is 6. The van der Waals surface area contributed by atoms with Crippen molar-refractivity contribution >= 4 is 11.7 Å². The standard InChI is InChI=1S/C20H24N2O3/c1-15(16-7-3-2-4-8-16)21-20(23)22-17-9-5-10-18(13-17)25-14-19-11-6-12-24-19/h2-5,7-10,13,15,19H,6,11-12,14H2,1H3,(H2,21,22,23). The molecule has 0 aromatic heterocycles. The highest BCUT2D eigenvalue weighted by Crippen LogP contribution is 2.20. The van der Waals surface area contributed by atoms with Crippen molar-refractivity contribution in [1.82, 2.24) is 5.32 Å². The molecule has 0 saturated carbocycles. The van der Waals surface area contributed by atoms with E-state index >= 15 is 0 Å². The van der Waals surface area contributed by atoms with Crippen molar-refractivity contribution in [2.45, 2.75) is 31.9 Å². The molecule has 5 heteroatoms. The van der Waals surface area contributed by atoms with Gasteiger partial charge in [0.25, 0.3) is 0 Å². The number of hydrogen-bond acceptors (Lipinski definition) is 3. The normalized spacial score (nSPS) is 17.7. The van der Waals surface area contributed by atoms with Crippen molar-refractivity contribution in [3.05, 3.63) is 60.2 Å². The van der Waals surface area contributed by atoms with Crippen LogP contribution in [0.1, 0.15) is 31.4 Å². The predicted octanol–water partition coefficient (Wildman–Crippen LogP) is 4.13. The number of ether oxygens (including phenoxy) is 2. The van der Waals surface area contributed by atoms with Gasteiger partial charge < -0.3 is 20.1 Å². The summed E-state index contributed by atoms with van der Waals surface area (Å²) in [6, 6.07) is 16.9. The first kappa shape index (κ1) is 17.3. The summed E-state index contributed by atoms with van der Waals surface area (Å²) >= 11 is 0. The predicted molar refractivity (Wildman–Crippen MR) is 97.9 cm³/mol. The highest BCUT2D eigenvalue weighted by atomic mass is 16.5. The van der Waals surface area contributed by atoms with E-state index in [1.54, 1.807) is 0 Å². The number of carbonyl (C=O) groups excluding carboxylic acids is 1. The number of carbonyl (C=O) groups is 1.